The highest BCUT2D eigenvalue weighted by Gasteiger charge is 2.30. The van der Waals surface area contributed by atoms with Crippen molar-refractivity contribution < 1.29 is 9.84 Å². The van der Waals surface area contributed by atoms with Gasteiger partial charge in [0.1, 0.15) is 0 Å². The van der Waals surface area contributed by atoms with E-state index in [0.29, 0.717) is 17.7 Å². The molecule has 2 rings (SSSR count). The Bertz CT molecular complexity index is 363. The Labute approximate surface area is 109 Å². The van der Waals surface area contributed by atoms with Crippen molar-refractivity contribution in [2.75, 3.05) is 7.11 Å². The second-order valence-corrected chi connectivity index (χ2v) is 5.20. The maximum atomic E-state index is 10.5. The fraction of sp³-hybridized carbons (Fsp3) is 0.667. The number of methoxy groups -OCH3 is 1. The van der Waals surface area contributed by atoms with Crippen LogP contribution < -0.4 is 4.74 Å². The fourth-order valence-corrected chi connectivity index (χ4v) is 3.09. The summed E-state index contributed by atoms with van der Waals surface area (Å²) in [5.41, 5.74) is 0.918. The molecule has 100 valence electrons. The molecule has 1 aromatic heterocycles. The Morgan fingerprint density at radius 3 is 2.78 bits per heavy atom. The molecular weight excluding hydrogens is 226 g/mol. The smallest absolute Gasteiger partial charge is 0.212 e. The Kier molecular flexibility index (Phi) is 4.59. The van der Waals surface area contributed by atoms with E-state index in [1.54, 1.807) is 13.3 Å². The fourth-order valence-electron chi connectivity index (χ4n) is 3.09. The number of nitrogens with zero attached hydrogens (tertiary/aromatic N) is 1. The molecule has 1 heterocycles. The molecule has 1 N–H and O–H groups in total. The van der Waals surface area contributed by atoms with Gasteiger partial charge in [-0.15, -0.1) is 0 Å². The van der Waals surface area contributed by atoms with Gasteiger partial charge in [-0.25, -0.2) is 4.98 Å². The highest BCUT2D eigenvalue weighted by atomic mass is 16.5. The van der Waals surface area contributed by atoms with Crippen molar-refractivity contribution in [3.05, 3.63) is 23.9 Å². The lowest BCUT2D eigenvalue weighted by Crippen LogP contribution is -2.25. The van der Waals surface area contributed by atoms with Gasteiger partial charge in [-0.05, 0) is 29.9 Å². The largest absolute Gasteiger partial charge is 0.481 e. The molecule has 0 radical (unpaired) electrons. The van der Waals surface area contributed by atoms with Crippen LogP contribution in [0.4, 0.5) is 0 Å². The van der Waals surface area contributed by atoms with Crippen LogP contribution in [-0.4, -0.2) is 17.2 Å². The zero-order chi connectivity index (χ0) is 13.0. The number of aliphatic hydroxyl groups excluding tert-OH is 1. The van der Waals surface area contributed by atoms with Crippen molar-refractivity contribution in [1.29, 1.82) is 0 Å². The number of aliphatic hydroxyl groups is 1. The van der Waals surface area contributed by atoms with E-state index in [2.05, 4.69) is 11.9 Å². The van der Waals surface area contributed by atoms with Crippen molar-refractivity contribution in [1.82, 2.24) is 4.98 Å². The van der Waals surface area contributed by atoms with Crippen LogP contribution in [0.2, 0.25) is 0 Å². The number of ether oxygens (including phenoxy) is 1. The number of aromatic nitrogens is 1. The quantitative estimate of drug-likeness (QED) is 0.890. The van der Waals surface area contributed by atoms with Crippen molar-refractivity contribution in [3.63, 3.8) is 0 Å². The van der Waals surface area contributed by atoms with E-state index in [1.165, 1.54) is 19.3 Å². The third-order valence-electron chi connectivity index (χ3n) is 4.21. The first-order chi connectivity index (χ1) is 8.76. The first kappa shape index (κ1) is 13.3. The predicted molar refractivity (Wildman–Crippen MR) is 71.5 cm³/mol. The predicted octanol–water partition coefficient (Wildman–Crippen LogP) is 3.34. The molecule has 3 atom stereocenters. The Hall–Kier alpha value is -1.09. The number of hydrogen-bond donors (Lipinski definition) is 1. The minimum absolute atomic E-state index is 0.381. The molecule has 1 aliphatic rings. The zero-order valence-electron chi connectivity index (χ0n) is 11.3. The minimum Gasteiger partial charge on any atom is -0.481 e. The topological polar surface area (TPSA) is 42.4 Å². The van der Waals surface area contributed by atoms with E-state index in [0.717, 1.165) is 18.4 Å². The molecule has 0 aromatic carbocycles. The highest BCUT2D eigenvalue weighted by Crippen LogP contribution is 2.40. The van der Waals surface area contributed by atoms with Crippen LogP contribution in [-0.2, 0) is 0 Å². The summed E-state index contributed by atoms with van der Waals surface area (Å²) >= 11 is 0. The summed E-state index contributed by atoms with van der Waals surface area (Å²) in [4.78, 5) is 4.18. The summed E-state index contributed by atoms with van der Waals surface area (Å²) in [6, 6.07) is 3.75. The normalized spacial score (nSPS) is 25.7. The van der Waals surface area contributed by atoms with Crippen LogP contribution in [0, 0.1) is 11.8 Å². The monoisotopic (exact) mass is 249 g/mol. The van der Waals surface area contributed by atoms with Gasteiger partial charge in [0.2, 0.25) is 5.88 Å². The van der Waals surface area contributed by atoms with Crippen LogP contribution in [0.15, 0.2) is 18.3 Å². The summed E-state index contributed by atoms with van der Waals surface area (Å²) < 4.78 is 5.04. The number of rotatable bonds is 4. The standard InChI is InChI=1S/C15H23NO2/c1-3-11-6-4-5-7-13(11)15(17)12-8-9-14(18-2)16-10-12/h8-11,13,15,17H,3-7H2,1-2H3. The molecular formula is C15H23NO2. The number of pyridine rings is 1. The SMILES string of the molecule is CCC1CCCCC1C(O)c1ccc(OC)nc1. The van der Waals surface area contributed by atoms with Crippen LogP contribution in [0.3, 0.4) is 0 Å². The lowest BCUT2D eigenvalue weighted by molar-refractivity contribution is 0.0449. The van der Waals surface area contributed by atoms with E-state index in [9.17, 15) is 5.11 Å². The molecule has 1 aliphatic carbocycles. The molecule has 0 spiro atoms. The number of hydrogen-bond acceptors (Lipinski definition) is 3. The van der Waals surface area contributed by atoms with E-state index in [1.807, 2.05) is 12.1 Å². The van der Waals surface area contributed by atoms with Gasteiger partial charge in [0.15, 0.2) is 0 Å². The maximum Gasteiger partial charge on any atom is 0.212 e. The van der Waals surface area contributed by atoms with Gasteiger partial charge in [0.05, 0.1) is 13.2 Å². The lowest BCUT2D eigenvalue weighted by Gasteiger charge is -2.34. The van der Waals surface area contributed by atoms with Crippen LogP contribution in [0.1, 0.15) is 50.7 Å². The maximum absolute atomic E-state index is 10.5. The molecule has 3 nitrogen and oxygen atoms in total. The van der Waals surface area contributed by atoms with E-state index in [-0.39, 0.29) is 6.10 Å². The van der Waals surface area contributed by atoms with Crippen molar-refractivity contribution in [2.45, 2.75) is 45.1 Å². The van der Waals surface area contributed by atoms with Crippen LogP contribution in [0.25, 0.3) is 0 Å². The van der Waals surface area contributed by atoms with E-state index >= 15 is 0 Å². The Morgan fingerprint density at radius 2 is 2.17 bits per heavy atom. The first-order valence-corrected chi connectivity index (χ1v) is 6.94. The van der Waals surface area contributed by atoms with Crippen molar-refractivity contribution in [2.24, 2.45) is 11.8 Å². The Balaban J connectivity index is 2.10. The minimum atomic E-state index is -0.381. The molecule has 3 unspecified atom stereocenters. The second kappa shape index (κ2) is 6.19. The summed E-state index contributed by atoms with van der Waals surface area (Å²) in [6.45, 7) is 2.22. The van der Waals surface area contributed by atoms with E-state index in [4.69, 9.17) is 4.74 Å². The van der Waals surface area contributed by atoms with Gasteiger partial charge in [0, 0.05) is 12.3 Å². The molecule has 0 saturated heterocycles. The molecule has 1 saturated carbocycles. The van der Waals surface area contributed by atoms with Gasteiger partial charge in [0.25, 0.3) is 0 Å². The zero-order valence-corrected chi connectivity index (χ0v) is 11.3. The highest BCUT2D eigenvalue weighted by molar-refractivity contribution is 5.20. The van der Waals surface area contributed by atoms with Gasteiger partial charge >= 0.3 is 0 Å². The van der Waals surface area contributed by atoms with E-state index < -0.39 is 0 Å². The molecule has 3 heteroatoms. The molecule has 1 fully saturated rings. The van der Waals surface area contributed by atoms with Gasteiger partial charge in [-0.2, -0.15) is 0 Å². The summed E-state index contributed by atoms with van der Waals surface area (Å²) in [5, 5.41) is 10.5. The average molecular weight is 249 g/mol. The molecule has 0 aliphatic heterocycles. The van der Waals surface area contributed by atoms with Crippen LogP contribution in [0.5, 0.6) is 5.88 Å². The summed E-state index contributed by atoms with van der Waals surface area (Å²) in [6.07, 6.45) is 7.45. The second-order valence-electron chi connectivity index (χ2n) is 5.20. The first-order valence-electron chi connectivity index (χ1n) is 6.94. The molecule has 1 aromatic rings. The van der Waals surface area contributed by atoms with Gasteiger partial charge < -0.3 is 9.84 Å². The van der Waals surface area contributed by atoms with Crippen molar-refractivity contribution >= 4 is 0 Å². The van der Waals surface area contributed by atoms with Crippen LogP contribution >= 0.6 is 0 Å². The van der Waals surface area contributed by atoms with Gasteiger partial charge in [-0.1, -0.05) is 32.6 Å². The third-order valence-corrected chi connectivity index (χ3v) is 4.21. The summed E-state index contributed by atoms with van der Waals surface area (Å²) in [5.74, 6) is 1.64. The summed E-state index contributed by atoms with van der Waals surface area (Å²) in [7, 11) is 1.60. The molecule has 18 heavy (non-hydrogen) atoms. The van der Waals surface area contributed by atoms with Crippen molar-refractivity contribution in [3.8, 4) is 5.88 Å². The Morgan fingerprint density at radius 1 is 1.39 bits per heavy atom. The average Bonchev–Trinajstić information content (AvgIpc) is 2.46. The molecule has 0 amide bonds. The third kappa shape index (κ3) is 2.83. The lowest BCUT2D eigenvalue weighted by atomic mass is 9.73. The molecule has 0 bridgehead atoms. The van der Waals surface area contributed by atoms with Gasteiger partial charge in [-0.3, -0.25) is 0 Å².